The molecule has 1 saturated heterocycles. The van der Waals surface area contributed by atoms with Gasteiger partial charge in [-0.1, -0.05) is 6.07 Å². The number of hydrogen-bond donors (Lipinski definition) is 3. The van der Waals surface area contributed by atoms with Gasteiger partial charge in [-0.2, -0.15) is 13.2 Å². The molecule has 2 rings (SSSR count). The van der Waals surface area contributed by atoms with E-state index in [0.29, 0.717) is 18.0 Å². The molecule has 1 aliphatic heterocycles. The van der Waals surface area contributed by atoms with Gasteiger partial charge in [0.1, 0.15) is 6.04 Å². The van der Waals surface area contributed by atoms with Crippen molar-refractivity contribution in [2.45, 2.75) is 12.2 Å². The molecule has 1 aromatic rings. The first kappa shape index (κ1) is 21.7. The Morgan fingerprint density at radius 2 is 1.96 bits per heavy atom. The zero-order valence-electron chi connectivity index (χ0n) is 13.3. The largest absolute Gasteiger partial charge is 0.405 e. The van der Waals surface area contributed by atoms with Crippen LogP contribution in [0.2, 0.25) is 0 Å². The van der Waals surface area contributed by atoms with Crippen LogP contribution in [0.1, 0.15) is 9.67 Å². The fraction of sp³-hybridized carbons (Fsp3) is 0.571. The minimum absolute atomic E-state index is 0. The van der Waals surface area contributed by atoms with Gasteiger partial charge in [0.05, 0.1) is 11.4 Å². The summed E-state index contributed by atoms with van der Waals surface area (Å²) in [5.41, 5.74) is 0. The third-order valence-corrected chi connectivity index (χ3v) is 4.49. The highest BCUT2D eigenvalue weighted by Crippen LogP contribution is 2.24. The smallest absolute Gasteiger partial charge is 0.353 e. The summed E-state index contributed by atoms with van der Waals surface area (Å²) >= 11 is 1.22. The highest BCUT2D eigenvalue weighted by atomic mass is 35.5. The summed E-state index contributed by atoms with van der Waals surface area (Å²) in [6, 6.07) is 1.57. The summed E-state index contributed by atoms with van der Waals surface area (Å²) in [5, 5.41) is 9.34. The van der Waals surface area contributed by atoms with E-state index in [-0.39, 0.29) is 32.0 Å². The lowest BCUT2D eigenvalue weighted by Gasteiger charge is -2.35. The molecule has 0 bridgehead atoms. The first-order valence-electron chi connectivity index (χ1n) is 7.48. The second-order valence-electron chi connectivity index (χ2n) is 5.31. The Bertz CT molecular complexity index is 551. The van der Waals surface area contributed by atoms with Crippen LogP contribution < -0.4 is 16.0 Å². The van der Waals surface area contributed by atoms with Crippen LogP contribution in [-0.4, -0.2) is 68.2 Å². The first-order chi connectivity index (χ1) is 11.4. The van der Waals surface area contributed by atoms with Crippen LogP contribution >= 0.6 is 23.7 Å². The van der Waals surface area contributed by atoms with Crippen LogP contribution in [0.25, 0.3) is 0 Å². The number of nitrogens with one attached hydrogen (secondary N) is 3. The molecule has 0 saturated carbocycles. The van der Waals surface area contributed by atoms with Crippen LogP contribution in [0.5, 0.6) is 0 Å². The van der Waals surface area contributed by atoms with Gasteiger partial charge in [-0.25, -0.2) is 0 Å². The molecular formula is C14H20ClF3N4O2S. The lowest BCUT2D eigenvalue weighted by atomic mass is 10.2. The Morgan fingerprint density at radius 3 is 2.52 bits per heavy atom. The molecule has 0 aliphatic carbocycles. The minimum Gasteiger partial charge on any atom is -0.353 e. The Balaban J connectivity index is 0.00000312. The van der Waals surface area contributed by atoms with Crippen molar-refractivity contribution < 1.29 is 22.8 Å². The molecule has 0 spiro atoms. The van der Waals surface area contributed by atoms with Crippen molar-refractivity contribution >= 4 is 35.6 Å². The number of thiophene rings is 1. The van der Waals surface area contributed by atoms with Gasteiger partial charge in [0, 0.05) is 32.7 Å². The van der Waals surface area contributed by atoms with E-state index in [1.54, 1.807) is 17.5 Å². The van der Waals surface area contributed by atoms with E-state index in [0.717, 1.165) is 0 Å². The molecule has 1 aromatic heterocycles. The van der Waals surface area contributed by atoms with E-state index in [2.05, 4.69) is 16.0 Å². The Kier molecular flexibility index (Phi) is 8.63. The fourth-order valence-corrected chi connectivity index (χ4v) is 3.01. The van der Waals surface area contributed by atoms with Crippen molar-refractivity contribution in [3.8, 4) is 0 Å². The standard InChI is InChI=1S/C14H19F3N4O2S.ClH/c15-14(16,17)11(21-5-3-18-4-6-21)8-19-12(22)9-20-13(23)10-2-1-7-24-10;/h1-2,7,11,18H,3-6,8-9H2,(H,19,22)(H,20,23);1H. The van der Waals surface area contributed by atoms with Gasteiger partial charge in [-0.15, -0.1) is 23.7 Å². The van der Waals surface area contributed by atoms with Gasteiger partial charge >= 0.3 is 6.18 Å². The van der Waals surface area contributed by atoms with Crippen molar-refractivity contribution in [1.82, 2.24) is 20.9 Å². The van der Waals surface area contributed by atoms with E-state index in [4.69, 9.17) is 0 Å². The molecule has 11 heteroatoms. The summed E-state index contributed by atoms with van der Waals surface area (Å²) < 4.78 is 39.5. The number of alkyl halides is 3. The number of rotatable bonds is 6. The third kappa shape index (κ3) is 6.81. The molecule has 1 aliphatic rings. The van der Waals surface area contributed by atoms with Gasteiger partial charge < -0.3 is 16.0 Å². The third-order valence-electron chi connectivity index (χ3n) is 3.62. The van der Waals surface area contributed by atoms with Gasteiger partial charge in [0.2, 0.25) is 5.91 Å². The molecule has 6 nitrogen and oxygen atoms in total. The lowest BCUT2D eigenvalue weighted by Crippen LogP contribution is -2.58. The quantitative estimate of drug-likeness (QED) is 0.662. The maximum absolute atomic E-state index is 13.2. The molecule has 2 amide bonds. The van der Waals surface area contributed by atoms with Crippen LogP contribution in [0.3, 0.4) is 0 Å². The topological polar surface area (TPSA) is 73.5 Å². The average Bonchev–Trinajstić information content (AvgIpc) is 3.07. The zero-order valence-corrected chi connectivity index (χ0v) is 14.9. The maximum Gasteiger partial charge on any atom is 0.405 e. The van der Waals surface area contributed by atoms with E-state index in [1.165, 1.54) is 16.2 Å². The molecule has 3 N–H and O–H groups in total. The zero-order chi connectivity index (χ0) is 17.6. The summed E-state index contributed by atoms with van der Waals surface area (Å²) in [6.45, 7) is 0.624. The number of carbonyl (C=O) groups excluding carboxylic acids is 2. The maximum atomic E-state index is 13.2. The summed E-state index contributed by atoms with van der Waals surface area (Å²) in [5.74, 6) is -1.07. The van der Waals surface area contributed by atoms with Gasteiger partial charge in [-0.3, -0.25) is 14.5 Å². The van der Waals surface area contributed by atoms with Crippen LogP contribution in [0.15, 0.2) is 17.5 Å². The van der Waals surface area contributed by atoms with Crippen molar-refractivity contribution in [2.24, 2.45) is 0 Å². The Labute approximate surface area is 153 Å². The molecule has 1 atom stereocenters. The van der Waals surface area contributed by atoms with Crippen LogP contribution in [-0.2, 0) is 4.79 Å². The monoisotopic (exact) mass is 400 g/mol. The van der Waals surface area contributed by atoms with Crippen molar-refractivity contribution in [3.63, 3.8) is 0 Å². The van der Waals surface area contributed by atoms with Crippen molar-refractivity contribution in [1.29, 1.82) is 0 Å². The highest BCUT2D eigenvalue weighted by Gasteiger charge is 2.43. The van der Waals surface area contributed by atoms with Crippen LogP contribution in [0.4, 0.5) is 13.2 Å². The predicted molar refractivity (Wildman–Crippen MR) is 91.2 cm³/mol. The van der Waals surface area contributed by atoms with E-state index < -0.39 is 30.6 Å². The van der Waals surface area contributed by atoms with Crippen LogP contribution in [0, 0.1) is 0 Å². The fourth-order valence-electron chi connectivity index (χ4n) is 2.37. The normalized spacial score (nSPS) is 16.6. The second-order valence-corrected chi connectivity index (χ2v) is 6.26. The second kappa shape index (κ2) is 9.95. The molecule has 1 fully saturated rings. The summed E-state index contributed by atoms with van der Waals surface area (Å²) in [7, 11) is 0. The lowest BCUT2D eigenvalue weighted by molar-refractivity contribution is -0.184. The van der Waals surface area contributed by atoms with Gasteiger partial charge in [0.15, 0.2) is 0 Å². The SMILES string of the molecule is Cl.O=C(CNC(=O)c1cccs1)NCC(N1CCNCC1)C(F)(F)F. The number of halogens is 4. The number of hydrogen-bond acceptors (Lipinski definition) is 5. The molecule has 0 aromatic carbocycles. The number of carbonyl (C=O) groups is 2. The highest BCUT2D eigenvalue weighted by molar-refractivity contribution is 7.12. The van der Waals surface area contributed by atoms with E-state index in [9.17, 15) is 22.8 Å². The van der Waals surface area contributed by atoms with E-state index in [1.807, 2.05) is 0 Å². The molecule has 0 radical (unpaired) electrons. The summed E-state index contributed by atoms with van der Waals surface area (Å²) in [4.78, 5) is 25.1. The molecule has 142 valence electrons. The van der Waals surface area contributed by atoms with Crippen molar-refractivity contribution in [3.05, 3.63) is 22.4 Å². The first-order valence-corrected chi connectivity index (χ1v) is 8.36. The Morgan fingerprint density at radius 1 is 1.28 bits per heavy atom. The Hall–Kier alpha value is -1.36. The van der Waals surface area contributed by atoms with Crippen molar-refractivity contribution in [2.75, 3.05) is 39.3 Å². The molecule has 25 heavy (non-hydrogen) atoms. The number of amides is 2. The number of piperazine rings is 1. The summed E-state index contributed by atoms with van der Waals surface area (Å²) in [6.07, 6.45) is -4.43. The molecule has 1 unspecified atom stereocenters. The molecule has 2 heterocycles. The molecular weight excluding hydrogens is 381 g/mol. The predicted octanol–water partition coefficient (Wildman–Crippen LogP) is 0.852. The average molecular weight is 401 g/mol. The van der Waals surface area contributed by atoms with Gasteiger partial charge in [-0.05, 0) is 11.4 Å². The minimum atomic E-state index is -4.43. The van der Waals surface area contributed by atoms with Gasteiger partial charge in [0.25, 0.3) is 5.91 Å². The van der Waals surface area contributed by atoms with E-state index >= 15 is 0 Å². The number of nitrogens with zero attached hydrogens (tertiary/aromatic N) is 1.